The lowest BCUT2D eigenvalue weighted by Gasteiger charge is -2.18. The van der Waals surface area contributed by atoms with Crippen LogP contribution in [0.15, 0.2) is 53.9 Å². The Balaban J connectivity index is 1.66. The van der Waals surface area contributed by atoms with Crippen LogP contribution in [0.5, 0.6) is 0 Å². The number of amides is 1. The third kappa shape index (κ3) is 3.51. The van der Waals surface area contributed by atoms with Gasteiger partial charge in [-0.3, -0.25) is 4.79 Å². The number of aromatic amines is 1. The van der Waals surface area contributed by atoms with E-state index in [1.165, 1.54) is 5.56 Å². The number of aromatic nitrogens is 2. The first-order chi connectivity index (χ1) is 11.4. The molecule has 2 N–H and O–H groups in total. The molecular formula is C19H20N4O. The molecule has 5 nitrogen and oxygen atoms in total. The van der Waals surface area contributed by atoms with Gasteiger partial charge in [0.05, 0.1) is 23.6 Å². The van der Waals surface area contributed by atoms with Crippen LogP contribution in [0.1, 0.15) is 42.3 Å². The lowest BCUT2D eigenvalue weighted by Crippen LogP contribution is -2.17. The summed E-state index contributed by atoms with van der Waals surface area (Å²) in [5.74, 6) is -0.255. The monoisotopic (exact) mass is 320 g/mol. The molecule has 24 heavy (non-hydrogen) atoms. The third-order valence-electron chi connectivity index (χ3n) is 3.84. The van der Waals surface area contributed by atoms with E-state index in [9.17, 15) is 4.79 Å². The highest BCUT2D eigenvalue weighted by Crippen LogP contribution is 2.21. The highest BCUT2D eigenvalue weighted by atomic mass is 16.2. The predicted octanol–water partition coefficient (Wildman–Crippen LogP) is 3.62. The molecule has 0 saturated carbocycles. The molecule has 0 unspecified atom stereocenters. The van der Waals surface area contributed by atoms with E-state index < -0.39 is 0 Å². The fourth-order valence-corrected chi connectivity index (χ4v) is 2.38. The quantitative estimate of drug-likeness (QED) is 0.571. The van der Waals surface area contributed by atoms with E-state index in [2.05, 4.69) is 53.4 Å². The van der Waals surface area contributed by atoms with Crippen LogP contribution in [0.2, 0.25) is 0 Å². The predicted molar refractivity (Wildman–Crippen MR) is 96.3 cm³/mol. The van der Waals surface area contributed by atoms with Gasteiger partial charge in [-0.05, 0) is 34.7 Å². The Kier molecular flexibility index (Phi) is 4.16. The molecular weight excluding hydrogens is 300 g/mol. The Morgan fingerprint density at radius 3 is 2.62 bits per heavy atom. The average molecular weight is 320 g/mol. The van der Waals surface area contributed by atoms with E-state index in [4.69, 9.17) is 0 Å². The first kappa shape index (κ1) is 15.9. The van der Waals surface area contributed by atoms with Gasteiger partial charge in [0.25, 0.3) is 5.91 Å². The number of rotatable bonds is 3. The lowest BCUT2D eigenvalue weighted by atomic mass is 9.87. The van der Waals surface area contributed by atoms with Gasteiger partial charge in [0, 0.05) is 5.56 Å². The maximum Gasteiger partial charge on any atom is 0.271 e. The summed E-state index contributed by atoms with van der Waals surface area (Å²) in [5.41, 5.74) is 7.05. The van der Waals surface area contributed by atoms with Crippen molar-refractivity contribution < 1.29 is 4.79 Å². The third-order valence-corrected chi connectivity index (χ3v) is 3.84. The second-order valence-electron chi connectivity index (χ2n) is 6.71. The van der Waals surface area contributed by atoms with E-state index in [-0.39, 0.29) is 11.3 Å². The number of carbonyl (C=O) groups is 1. The van der Waals surface area contributed by atoms with Gasteiger partial charge >= 0.3 is 0 Å². The van der Waals surface area contributed by atoms with Crippen LogP contribution in [0.4, 0.5) is 0 Å². The minimum absolute atomic E-state index is 0.120. The number of carbonyl (C=O) groups excluding carboxylic acids is 1. The number of nitrogens with zero attached hydrogens (tertiary/aromatic N) is 2. The summed E-state index contributed by atoms with van der Waals surface area (Å²) in [6.45, 7) is 6.52. The molecule has 122 valence electrons. The smallest absolute Gasteiger partial charge is 0.271 e. The van der Waals surface area contributed by atoms with Crippen molar-refractivity contribution >= 4 is 23.2 Å². The lowest BCUT2D eigenvalue weighted by molar-refractivity contribution is 0.0955. The van der Waals surface area contributed by atoms with Crippen LogP contribution in [0, 0.1) is 0 Å². The molecule has 0 saturated heterocycles. The van der Waals surface area contributed by atoms with E-state index in [1.54, 1.807) is 30.7 Å². The molecule has 5 heteroatoms. The summed E-state index contributed by atoms with van der Waals surface area (Å²) in [6, 6.07) is 13.4. The molecule has 0 bridgehead atoms. The van der Waals surface area contributed by atoms with E-state index >= 15 is 0 Å². The Bertz CT molecular complexity index is 886. The molecule has 0 fully saturated rings. The van der Waals surface area contributed by atoms with Crippen molar-refractivity contribution in [3.63, 3.8) is 0 Å². The largest absolute Gasteiger partial charge is 0.345 e. The van der Waals surface area contributed by atoms with Crippen molar-refractivity contribution in [2.24, 2.45) is 5.10 Å². The van der Waals surface area contributed by atoms with Gasteiger partial charge in [-0.2, -0.15) is 5.10 Å². The second-order valence-corrected chi connectivity index (χ2v) is 6.71. The Hall–Kier alpha value is -2.95. The Morgan fingerprint density at radius 1 is 1.17 bits per heavy atom. The molecule has 3 aromatic rings. The minimum atomic E-state index is -0.255. The van der Waals surface area contributed by atoms with Crippen LogP contribution in [0.3, 0.4) is 0 Å². The van der Waals surface area contributed by atoms with Crippen molar-refractivity contribution in [2.45, 2.75) is 26.2 Å². The number of hydrogen-bond donors (Lipinski definition) is 2. The maximum absolute atomic E-state index is 12.1. The number of hydrogen-bond acceptors (Lipinski definition) is 3. The first-order valence-electron chi connectivity index (χ1n) is 7.80. The summed E-state index contributed by atoms with van der Waals surface area (Å²) in [7, 11) is 0. The zero-order chi connectivity index (χ0) is 17.2. The van der Waals surface area contributed by atoms with Gasteiger partial charge in [-0.25, -0.2) is 10.4 Å². The molecule has 0 atom stereocenters. The number of hydrazone groups is 1. The van der Waals surface area contributed by atoms with Gasteiger partial charge in [0.2, 0.25) is 0 Å². The van der Waals surface area contributed by atoms with Crippen LogP contribution >= 0.6 is 0 Å². The summed E-state index contributed by atoms with van der Waals surface area (Å²) < 4.78 is 0. The van der Waals surface area contributed by atoms with Crippen LogP contribution < -0.4 is 5.43 Å². The van der Waals surface area contributed by atoms with E-state index in [1.807, 2.05) is 12.1 Å². The van der Waals surface area contributed by atoms with Crippen molar-refractivity contribution in [3.8, 4) is 0 Å². The van der Waals surface area contributed by atoms with Gasteiger partial charge in [-0.1, -0.05) is 45.0 Å². The van der Waals surface area contributed by atoms with Gasteiger partial charge in [0.15, 0.2) is 0 Å². The maximum atomic E-state index is 12.1. The van der Waals surface area contributed by atoms with Crippen LogP contribution in [-0.4, -0.2) is 22.1 Å². The highest BCUT2D eigenvalue weighted by Gasteiger charge is 2.12. The number of fused-ring (bicyclic) bond motifs is 1. The molecule has 1 amide bonds. The van der Waals surface area contributed by atoms with E-state index in [0.29, 0.717) is 5.56 Å². The van der Waals surface area contributed by atoms with Crippen LogP contribution in [-0.2, 0) is 5.41 Å². The molecule has 0 aliphatic rings. The minimum Gasteiger partial charge on any atom is -0.345 e. The number of H-pyrrole nitrogens is 1. The molecule has 0 aliphatic carbocycles. The first-order valence-corrected chi connectivity index (χ1v) is 7.80. The molecule has 0 aliphatic heterocycles. The fourth-order valence-electron chi connectivity index (χ4n) is 2.38. The van der Waals surface area contributed by atoms with Gasteiger partial charge in [0.1, 0.15) is 0 Å². The zero-order valence-electron chi connectivity index (χ0n) is 14.0. The Morgan fingerprint density at radius 2 is 1.92 bits per heavy atom. The topological polar surface area (TPSA) is 70.1 Å². The second kappa shape index (κ2) is 6.28. The molecule has 2 aromatic carbocycles. The van der Waals surface area contributed by atoms with E-state index in [0.717, 1.165) is 16.6 Å². The number of nitrogens with one attached hydrogen (secondary N) is 2. The molecule has 1 aromatic heterocycles. The Labute approximate surface area is 140 Å². The summed E-state index contributed by atoms with van der Waals surface area (Å²) in [5, 5.41) is 4.03. The summed E-state index contributed by atoms with van der Waals surface area (Å²) >= 11 is 0. The summed E-state index contributed by atoms with van der Waals surface area (Å²) in [4.78, 5) is 19.2. The average Bonchev–Trinajstić information content (AvgIpc) is 3.02. The van der Waals surface area contributed by atoms with Crippen molar-refractivity contribution in [3.05, 3.63) is 65.5 Å². The normalized spacial score (nSPS) is 12.0. The number of imidazole rings is 1. The zero-order valence-corrected chi connectivity index (χ0v) is 14.0. The SMILES string of the molecule is CC(C)(C)c1ccc(/C=N/NC(=O)c2ccc3nc[nH]c3c2)cc1. The highest BCUT2D eigenvalue weighted by molar-refractivity contribution is 5.97. The van der Waals surface area contributed by atoms with Crippen LogP contribution in [0.25, 0.3) is 11.0 Å². The molecule has 3 rings (SSSR count). The van der Waals surface area contributed by atoms with Gasteiger partial charge < -0.3 is 4.98 Å². The molecule has 0 spiro atoms. The van der Waals surface area contributed by atoms with Crippen molar-refractivity contribution in [2.75, 3.05) is 0 Å². The van der Waals surface area contributed by atoms with Crippen molar-refractivity contribution in [1.29, 1.82) is 0 Å². The number of benzene rings is 2. The summed E-state index contributed by atoms with van der Waals surface area (Å²) in [6.07, 6.45) is 3.24. The van der Waals surface area contributed by atoms with Gasteiger partial charge in [-0.15, -0.1) is 0 Å². The standard InChI is InChI=1S/C19H20N4O/c1-19(2,3)15-7-4-13(5-8-15)11-22-23-18(24)14-6-9-16-17(10-14)21-12-20-16/h4-12H,1-3H3,(H,20,21)(H,23,24)/b22-11+. The van der Waals surface area contributed by atoms with Crippen molar-refractivity contribution in [1.82, 2.24) is 15.4 Å². The fraction of sp³-hybridized carbons (Fsp3) is 0.211. The molecule has 1 heterocycles. The molecule has 0 radical (unpaired) electrons.